The van der Waals surface area contributed by atoms with E-state index in [-0.39, 0.29) is 0 Å². The minimum Gasteiger partial charge on any atom is -0.309 e. The van der Waals surface area contributed by atoms with Crippen molar-refractivity contribution in [3.8, 4) is 0 Å². The number of halogens is 1. The van der Waals surface area contributed by atoms with Gasteiger partial charge in [0.1, 0.15) is 0 Å². The van der Waals surface area contributed by atoms with Crippen LogP contribution < -0.4 is 5.32 Å². The zero-order chi connectivity index (χ0) is 13.4. The van der Waals surface area contributed by atoms with Crippen LogP contribution in [0.5, 0.6) is 0 Å². The van der Waals surface area contributed by atoms with Crippen LogP contribution in [-0.2, 0) is 6.42 Å². The summed E-state index contributed by atoms with van der Waals surface area (Å²) in [7, 11) is 0. The van der Waals surface area contributed by atoms with Gasteiger partial charge in [0, 0.05) is 16.8 Å². The van der Waals surface area contributed by atoms with Crippen LogP contribution >= 0.6 is 27.3 Å². The first-order chi connectivity index (χ1) is 9.20. The molecule has 1 nitrogen and oxygen atoms in total. The topological polar surface area (TPSA) is 12.0 Å². The van der Waals surface area contributed by atoms with Crippen LogP contribution in [0, 0.1) is 6.92 Å². The number of rotatable bonds is 4. The lowest BCUT2D eigenvalue weighted by molar-refractivity contribution is 0.425. The lowest BCUT2D eigenvalue weighted by Crippen LogP contribution is -2.32. The lowest BCUT2D eigenvalue weighted by atomic mass is 9.73. The van der Waals surface area contributed by atoms with Crippen molar-refractivity contribution in [2.24, 2.45) is 0 Å². The van der Waals surface area contributed by atoms with Gasteiger partial charge in [0.05, 0.1) is 3.79 Å². The number of fused-ring (bicyclic) bond motifs is 1. The van der Waals surface area contributed by atoms with E-state index in [2.05, 4.69) is 65.4 Å². The van der Waals surface area contributed by atoms with E-state index in [4.69, 9.17) is 0 Å². The van der Waals surface area contributed by atoms with Gasteiger partial charge in [-0.3, -0.25) is 0 Å². The van der Waals surface area contributed by atoms with E-state index in [1.165, 1.54) is 31.8 Å². The second-order valence-corrected chi connectivity index (χ2v) is 7.55. The van der Waals surface area contributed by atoms with Crippen molar-refractivity contribution in [1.82, 2.24) is 5.32 Å². The molecule has 0 fully saturated rings. The number of benzene rings is 1. The van der Waals surface area contributed by atoms with Gasteiger partial charge in [-0.2, -0.15) is 0 Å². The van der Waals surface area contributed by atoms with Gasteiger partial charge in [-0.1, -0.05) is 31.2 Å². The molecule has 1 aliphatic rings. The van der Waals surface area contributed by atoms with E-state index in [0.717, 1.165) is 6.54 Å². The molecule has 0 bridgehead atoms. The predicted molar refractivity (Wildman–Crippen MR) is 86.1 cm³/mol. The molecule has 1 heterocycles. The molecule has 1 N–H and O–H groups in total. The first kappa shape index (κ1) is 13.3. The predicted octanol–water partition coefficient (Wildman–Crippen LogP) is 4.81. The number of nitrogens with one attached hydrogen (secondary N) is 1. The van der Waals surface area contributed by atoms with Gasteiger partial charge in [0.2, 0.25) is 0 Å². The fourth-order valence-corrected chi connectivity index (χ4v) is 4.61. The van der Waals surface area contributed by atoms with E-state index >= 15 is 0 Å². The third-order valence-electron chi connectivity index (χ3n) is 3.90. The molecule has 0 saturated carbocycles. The molecule has 0 radical (unpaired) electrons. The molecule has 0 saturated heterocycles. The van der Waals surface area contributed by atoms with Crippen molar-refractivity contribution in [3.05, 3.63) is 55.7 Å². The first-order valence-electron chi connectivity index (χ1n) is 6.77. The zero-order valence-corrected chi connectivity index (χ0v) is 13.6. The molecule has 1 aromatic carbocycles. The van der Waals surface area contributed by atoms with Gasteiger partial charge in [0.15, 0.2) is 0 Å². The lowest BCUT2D eigenvalue weighted by Gasteiger charge is -2.36. The van der Waals surface area contributed by atoms with Crippen molar-refractivity contribution in [1.29, 1.82) is 0 Å². The number of likely N-dealkylation sites (N-methyl/N-ethyl adjacent to an activating group) is 1. The molecular formula is C16H18BrNS. The summed E-state index contributed by atoms with van der Waals surface area (Å²) in [6.45, 7) is 5.37. The monoisotopic (exact) mass is 335 g/mol. The SMILES string of the molecule is CCNC(c1cc(C)c(Br)s1)C1Cc2ccccc21. The van der Waals surface area contributed by atoms with Gasteiger partial charge in [0.25, 0.3) is 0 Å². The number of hydrogen-bond donors (Lipinski definition) is 1. The minimum absolute atomic E-state index is 0.454. The van der Waals surface area contributed by atoms with Crippen LogP contribution in [0.4, 0.5) is 0 Å². The molecule has 19 heavy (non-hydrogen) atoms. The largest absolute Gasteiger partial charge is 0.309 e. The highest BCUT2D eigenvalue weighted by Gasteiger charge is 2.34. The van der Waals surface area contributed by atoms with E-state index in [1.54, 1.807) is 0 Å². The molecule has 2 atom stereocenters. The molecule has 0 amide bonds. The highest BCUT2D eigenvalue weighted by molar-refractivity contribution is 9.11. The van der Waals surface area contributed by atoms with Gasteiger partial charge in [-0.05, 0) is 58.6 Å². The smallest absolute Gasteiger partial charge is 0.0731 e. The molecule has 2 unspecified atom stereocenters. The Bertz CT molecular complexity index is 571. The van der Waals surface area contributed by atoms with Crippen LogP contribution in [0.2, 0.25) is 0 Å². The summed E-state index contributed by atoms with van der Waals surface area (Å²) in [5, 5.41) is 3.67. The van der Waals surface area contributed by atoms with Crippen LogP contribution in [0.25, 0.3) is 0 Å². The number of aryl methyl sites for hydroxylation is 1. The summed E-state index contributed by atoms with van der Waals surface area (Å²) < 4.78 is 1.26. The summed E-state index contributed by atoms with van der Waals surface area (Å²) >= 11 is 5.52. The molecule has 1 aliphatic carbocycles. The Kier molecular flexibility index (Phi) is 3.79. The molecule has 0 aliphatic heterocycles. The summed E-state index contributed by atoms with van der Waals surface area (Å²) in [5.41, 5.74) is 4.38. The molecular weight excluding hydrogens is 318 g/mol. The maximum Gasteiger partial charge on any atom is 0.0731 e. The van der Waals surface area contributed by atoms with Crippen LogP contribution in [0.1, 0.15) is 40.5 Å². The highest BCUT2D eigenvalue weighted by atomic mass is 79.9. The average molecular weight is 336 g/mol. The van der Waals surface area contributed by atoms with Crippen LogP contribution in [0.15, 0.2) is 34.1 Å². The molecule has 3 heteroatoms. The Morgan fingerprint density at radius 2 is 2.21 bits per heavy atom. The van der Waals surface area contributed by atoms with Gasteiger partial charge in [-0.15, -0.1) is 11.3 Å². The number of thiophene rings is 1. The van der Waals surface area contributed by atoms with Crippen LogP contribution in [-0.4, -0.2) is 6.54 Å². The highest BCUT2D eigenvalue weighted by Crippen LogP contribution is 2.46. The quantitative estimate of drug-likeness (QED) is 0.845. The Morgan fingerprint density at radius 3 is 2.84 bits per heavy atom. The zero-order valence-electron chi connectivity index (χ0n) is 11.2. The summed E-state index contributed by atoms with van der Waals surface area (Å²) in [5.74, 6) is 0.626. The van der Waals surface area contributed by atoms with Crippen molar-refractivity contribution < 1.29 is 0 Å². The molecule has 100 valence electrons. The Balaban J connectivity index is 1.91. The fourth-order valence-electron chi connectivity index (χ4n) is 2.89. The van der Waals surface area contributed by atoms with Gasteiger partial charge >= 0.3 is 0 Å². The second-order valence-electron chi connectivity index (χ2n) is 5.15. The second kappa shape index (κ2) is 5.39. The average Bonchev–Trinajstić information content (AvgIpc) is 2.70. The van der Waals surface area contributed by atoms with Crippen LogP contribution in [0.3, 0.4) is 0 Å². The van der Waals surface area contributed by atoms with E-state index in [0.29, 0.717) is 12.0 Å². The summed E-state index contributed by atoms with van der Waals surface area (Å²) in [4.78, 5) is 1.45. The maximum atomic E-state index is 3.67. The third kappa shape index (κ3) is 2.39. The van der Waals surface area contributed by atoms with Crippen molar-refractivity contribution >= 4 is 27.3 Å². The summed E-state index contributed by atoms with van der Waals surface area (Å²) in [6, 6.07) is 11.6. The van der Waals surface area contributed by atoms with Gasteiger partial charge in [-0.25, -0.2) is 0 Å². The van der Waals surface area contributed by atoms with E-state index in [1.807, 2.05) is 11.3 Å². The van der Waals surface area contributed by atoms with E-state index in [9.17, 15) is 0 Å². The normalized spacial score (nSPS) is 18.8. The fraction of sp³-hybridized carbons (Fsp3) is 0.375. The van der Waals surface area contributed by atoms with Crippen molar-refractivity contribution in [2.75, 3.05) is 6.54 Å². The first-order valence-corrected chi connectivity index (χ1v) is 8.38. The molecule has 3 rings (SSSR count). The number of hydrogen-bond acceptors (Lipinski definition) is 2. The Hall–Kier alpha value is -0.640. The standard InChI is InChI=1S/C16H18BrNS/c1-3-18-15(14-8-10(2)16(17)19-14)13-9-11-6-4-5-7-12(11)13/h4-8,13,15,18H,3,9H2,1-2H3. The van der Waals surface area contributed by atoms with E-state index < -0.39 is 0 Å². The Morgan fingerprint density at radius 1 is 1.42 bits per heavy atom. The molecule has 0 spiro atoms. The third-order valence-corrected chi connectivity index (χ3v) is 6.12. The minimum atomic E-state index is 0.454. The van der Waals surface area contributed by atoms with Crippen molar-refractivity contribution in [2.45, 2.75) is 32.2 Å². The summed E-state index contributed by atoms with van der Waals surface area (Å²) in [6.07, 6.45) is 1.20. The molecule has 2 aromatic rings. The maximum absolute atomic E-state index is 3.67. The van der Waals surface area contributed by atoms with Gasteiger partial charge < -0.3 is 5.32 Å². The molecule has 1 aromatic heterocycles. The van der Waals surface area contributed by atoms with Crippen molar-refractivity contribution in [3.63, 3.8) is 0 Å². The Labute approximate surface area is 127 Å².